The van der Waals surface area contributed by atoms with Gasteiger partial charge in [0.2, 0.25) is 11.6 Å². The summed E-state index contributed by atoms with van der Waals surface area (Å²) in [6, 6.07) is 3.68. The van der Waals surface area contributed by atoms with Crippen LogP contribution < -0.4 is 5.32 Å². The lowest BCUT2D eigenvalue weighted by molar-refractivity contribution is -0.150. The third-order valence-corrected chi connectivity index (χ3v) is 4.46. The van der Waals surface area contributed by atoms with Gasteiger partial charge in [0.15, 0.2) is 0 Å². The van der Waals surface area contributed by atoms with Crippen LogP contribution in [0, 0.1) is 0 Å². The molecule has 1 aromatic heterocycles. The molecule has 1 saturated carbocycles. The molecule has 2 atom stereocenters. The van der Waals surface area contributed by atoms with Crippen molar-refractivity contribution in [3.8, 4) is 0 Å². The van der Waals surface area contributed by atoms with Crippen molar-refractivity contribution in [1.29, 1.82) is 0 Å². The first-order chi connectivity index (χ1) is 8.29. The molecule has 1 aliphatic heterocycles. The van der Waals surface area contributed by atoms with Crippen LogP contribution in [0.1, 0.15) is 10.8 Å². The van der Waals surface area contributed by atoms with E-state index in [0.29, 0.717) is 0 Å². The van der Waals surface area contributed by atoms with Crippen molar-refractivity contribution in [3.63, 3.8) is 0 Å². The van der Waals surface area contributed by atoms with Crippen LogP contribution in [-0.2, 0) is 9.59 Å². The molecule has 2 unspecified atom stereocenters. The largest absolute Gasteiger partial charge is 0.314 e. The predicted octanol–water partition coefficient (Wildman–Crippen LogP) is 0.257. The van der Waals surface area contributed by atoms with E-state index in [1.54, 1.807) is 11.3 Å². The van der Waals surface area contributed by atoms with Crippen LogP contribution in [0.4, 0.5) is 0 Å². The van der Waals surface area contributed by atoms with Crippen LogP contribution >= 0.6 is 11.3 Å². The zero-order chi connectivity index (χ0) is 11.8. The Bertz CT molecular complexity index is 437. The van der Waals surface area contributed by atoms with Crippen molar-refractivity contribution >= 4 is 22.9 Å². The fraction of sp³-hybridized carbons (Fsp3) is 0.500. The summed E-state index contributed by atoms with van der Waals surface area (Å²) in [4.78, 5) is 26.7. The topological polar surface area (TPSA) is 49.4 Å². The van der Waals surface area contributed by atoms with Gasteiger partial charge in [0, 0.05) is 31.1 Å². The van der Waals surface area contributed by atoms with Crippen molar-refractivity contribution in [3.05, 3.63) is 22.4 Å². The van der Waals surface area contributed by atoms with Crippen molar-refractivity contribution < 1.29 is 9.59 Å². The molecule has 1 aliphatic carbocycles. The number of piperazine rings is 1. The summed E-state index contributed by atoms with van der Waals surface area (Å²) in [6.07, 6.45) is 0. The SMILES string of the molecule is O=C1C(=O)C(N2CCNCC2)C1c1cccs1. The van der Waals surface area contributed by atoms with E-state index in [1.165, 1.54) is 0 Å². The van der Waals surface area contributed by atoms with Crippen molar-refractivity contribution in [2.24, 2.45) is 0 Å². The van der Waals surface area contributed by atoms with Gasteiger partial charge in [0.1, 0.15) is 0 Å². The minimum absolute atomic E-state index is 0.203. The summed E-state index contributed by atoms with van der Waals surface area (Å²) in [6.45, 7) is 3.50. The minimum atomic E-state index is -0.212. The summed E-state index contributed by atoms with van der Waals surface area (Å²) >= 11 is 1.57. The summed E-state index contributed by atoms with van der Waals surface area (Å²) in [5.74, 6) is -0.623. The third kappa shape index (κ3) is 1.74. The van der Waals surface area contributed by atoms with Gasteiger partial charge in [-0.05, 0) is 11.4 Å². The van der Waals surface area contributed by atoms with Gasteiger partial charge in [0.05, 0.1) is 12.0 Å². The maximum absolute atomic E-state index is 11.8. The second kappa shape index (κ2) is 4.33. The maximum Gasteiger partial charge on any atom is 0.217 e. The Morgan fingerprint density at radius 2 is 2.00 bits per heavy atom. The summed E-state index contributed by atoms with van der Waals surface area (Å²) in [5, 5.41) is 5.22. The highest BCUT2D eigenvalue weighted by Crippen LogP contribution is 2.37. The van der Waals surface area contributed by atoms with E-state index in [0.717, 1.165) is 31.1 Å². The van der Waals surface area contributed by atoms with Gasteiger partial charge < -0.3 is 5.32 Å². The number of hydrogen-bond donors (Lipinski definition) is 1. The molecule has 0 aromatic carbocycles. The number of nitrogens with one attached hydrogen (secondary N) is 1. The van der Waals surface area contributed by atoms with Crippen LogP contribution in [-0.4, -0.2) is 48.7 Å². The normalized spacial score (nSPS) is 30.4. The molecule has 0 spiro atoms. The summed E-state index contributed by atoms with van der Waals surface area (Å²) in [5.41, 5.74) is 0. The second-order valence-electron chi connectivity index (χ2n) is 4.45. The van der Waals surface area contributed by atoms with Crippen LogP contribution in [0.25, 0.3) is 0 Å². The third-order valence-electron chi connectivity index (χ3n) is 3.50. The number of Topliss-reactive ketones (excluding diaryl/α,β-unsaturated/α-hetero) is 2. The molecule has 1 N–H and O–H groups in total. The summed E-state index contributed by atoms with van der Waals surface area (Å²) in [7, 11) is 0. The number of carbonyl (C=O) groups excluding carboxylic acids is 2. The number of rotatable bonds is 2. The van der Waals surface area contributed by atoms with Crippen LogP contribution in [0.3, 0.4) is 0 Å². The van der Waals surface area contributed by atoms with Gasteiger partial charge in [-0.1, -0.05) is 6.07 Å². The van der Waals surface area contributed by atoms with Crippen molar-refractivity contribution in [2.45, 2.75) is 12.0 Å². The Balaban J connectivity index is 1.82. The lowest BCUT2D eigenvalue weighted by Crippen LogP contribution is -2.63. The smallest absolute Gasteiger partial charge is 0.217 e. The van der Waals surface area contributed by atoms with Crippen LogP contribution in [0.5, 0.6) is 0 Å². The molecule has 1 saturated heterocycles. The van der Waals surface area contributed by atoms with E-state index in [4.69, 9.17) is 0 Å². The number of hydrogen-bond acceptors (Lipinski definition) is 5. The van der Waals surface area contributed by atoms with E-state index >= 15 is 0 Å². The highest BCUT2D eigenvalue weighted by atomic mass is 32.1. The van der Waals surface area contributed by atoms with E-state index in [9.17, 15) is 9.59 Å². The molecule has 3 rings (SSSR count). The maximum atomic E-state index is 11.8. The van der Waals surface area contributed by atoms with E-state index in [2.05, 4.69) is 10.2 Å². The standard InChI is InChI=1S/C12H14N2O2S/c15-11-9(8-2-1-7-17-8)10(12(11)16)14-5-3-13-4-6-14/h1-2,7,9-10,13H,3-6H2. The minimum Gasteiger partial charge on any atom is -0.314 e. The molecule has 2 aliphatic rings. The number of nitrogens with zero attached hydrogens (tertiary/aromatic N) is 1. The first-order valence-electron chi connectivity index (χ1n) is 5.85. The molecular formula is C12H14N2O2S. The Hall–Kier alpha value is -1.04. The van der Waals surface area contributed by atoms with Gasteiger partial charge >= 0.3 is 0 Å². The quantitative estimate of drug-likeness (QED) is 0.765. The molecule has 0 amide bonds. The first-order valence-corrected chi connectivity index (χ1v) is 6.73. The fourth-order valence-corrected chi connectivity index (χ4v) is 3.44. The average Bonchev–Trinajstić information content (AvgIpc) is 2.88. The zero-order valence-electron chi connectivity index (χ0n) is 9.39. The average molecular weight is 250 g/mol. The number of ketones is 2. The van der Waals surface area contributed by atoms with E-state index < -0.39 is 0 Å². The van der Waals surface area contributed by atoms with Gasteiger partial charge in [0.25, 0.3) is 0 Å². The lowest BCUT2D eigenvalue weighted by atomic mass is 9.74. The van der Waals surface area contributed by atoms with Crippen molar-refractivity contribution in [2.75, 3.05) is 26.2 Å². The number of thiophene rings is 1. The predicted molar refractivity (Wildman–Crippen MR) is 65.3 cm³/mol. The molecule has 2 heterocycles. The van der Waals surface area contributed by atoms with Gasteiger partial charge in [-0.15, -0.1) is 11.3 Å². The Labute approximate surface area is 104 Å². The zero-order valence-corrected chi connectivity index (χ0v) is 10.2. The van der Waals surface area contributed by atoms with Gasteiger partial charge in [-0.2, -0.15) is 0 Å². The van der Waals surface area contributed by atoms with E-state index in [1.807, 2.05) is 17.5 Å². The second-order valence-corrected chi connectivity index (χ2v) is 5.43. The monoisotopic (exact) mass is 250 g/mol. The van der Waals surface area contributed by atoms with Gasteiger partial charge in [-0.3, -0.25) is 14.5 Å². The molecule has 2 fully saturated rings. The van der Waals surface area contributed by atoms with Gasteiger partial charge in [-0.25, -0.2) is 0 Å². The molecule has 4 nitrogen and oxygen atoms in total. The molecule has 5 heteroatoms. The summed E-state index contributed by atoms with van der Waals surface area (Å²) < 4.78 is 0. The van der Waals surface area contributed by atoms with Crippen LogP contribution in [0.15, 0.2) is 17.5 Å². The highest BCUT2D eigenvalue weighted by Gasteiger charge is 2.53. The molecule has 17 heavy (non-hydrogen) atoms. The molecule has 90 valence electrons. The van der Waals surface area contributed by atoms with Crippen LogP contribution in [0.2, 0.25) is 0 Å². The highest BCUT2D eigenvalue weighted by molar-refractivity contribution is 7.10. The van der Waals surface area contributed by atoms with Crippen molar-refractivity contribution in [1.82, 2.24) is 10.2 Å². The molecular weight excluding hydrogens is 236 g/mol. The van der Waals surface area contributed by atoms with E-state index in [-0.39, 0.29) is 23.5 Å². The molecule has 1 aromatic rings. The Morgan fingerprint density at radius 3 is 2.65 bits per heavy atom. The molecule has 0 radical (unpaired) electrons. The first kappa shape index (κ1) is 11.1. The molecule has 0 bridgehead atoms. The Kier molecular flexibility index (Phi) is 2.82. The Morgan fingerprint density at radius 1 is 1.24 bits per heavy atom. The number of carbonyl (C=O) groups is 2. The fourth-order valence-electron chi connectivity index (χ4n) is 2.59. The lowest BCUT2D eigenvalue weighted by Gasteiger charge is -2.42.